The maximum absolute atomic E-state index is 13.1. The van der Waals surface area contributed by atoms with Gasteiger partial charge in [0.15, 0.2) is 9.84 Å². The van der Waals surface area contributed by atoms with Crippen molar-refractivity contribution in [3.8, 4) is 0 Å². The molecule has 1 saturated heterocycles. The molecule has 5 nitrogen and oxygen atoms in total. The van der Waals surface area contributed by atoms with E-state index in [0.717, 1.165) is 24.3 Å². The summed E-state index contributed by atoms with van der Waals surface area (Å²) < 4.78 is 28.8. The third kappa shape index (κ3) is 5.40. The van der Waals surface area contributed by atoms with Gasteiger partial charge >= 0.3 is 0 Å². The number of nitrogens with zero attached hydrogens (tertiary/aromatic N) is 1. The van der Waals surface area contributed by atoms with E-state index >= 15 is 0 Å². The van der Waals surface area contributed by atoms with Crippen LogP contribution in [-0.4, -0.2) is 44.7 Å². The van der Waals surface area contributed by atoms with Crippen molar-refractivity contribution in [2.45, 2.75) is 31.2 Å². The van der Waals surface area contributed by atoms with E-state index in [0.29, 0.717) is 24.2 Å². The molecular formula is C19H23NO4S2. The van der Waals surface area contributed by atoms with Crippen LogP contribution in [0.25, 0.3) is 0 Å². The fourth-order valence-electron chi connectivity index (χ4n) is 3.12. The van der Waals surface area contributed by atoms with Gasteiger partial charge in [0.05, 0.1) is 18.4 Å². The predicted molar refractivity (Wildman–Crippen MR) is 103 cm³/mol. The zero-order valence-corrected chi connectivity index (χ0v) is 16.4. The molecule has 7 heteroatoms. The standard InChI is InChI=1S/C19H23NO4S2/c1-26(22,23)14-15-5-2-6-16(11-15)19(21)20(12-17-7-3-9-24-17)13-18-8-4-10-25-18/h2,4-6,8,10-11,17H,3,7,9,12-14H2,1H3/t17-/m0/s1. The molecule has 2 aromatic rings. The first-order valence-electron chi connectivity index (χ1n) is 8.60. The average Bonchev–Trinajstić information content (AvgIpc) is 3.26. The Bertz CT molecular complexity index is 840. The predicted octanol–water partition coefficient (Wildman–Crippen LogP) is 3.11. The lowest BCUT2D eigenvalue weighted by atomic mass is 10.1. The number of sulfone groups is 1. The van der Waals surface area contributed by atoms with E-state index < -0.39 is 9.84 Å². The number of hydrogen-bond donors (Lipinski definition) is 0. The molecule has 0 aliphatic carbocycles. The number of ether oxygens (including phenoxy) is 1. The minimum absolute atomic E-state index is 0.0647. The van der Waals surface area contributed by atoms with Crippen molar-refractivity contribution in [1.29, 1.82) is 0 Å². The molecule has 0 unspecified atom stereocenters. The number of benzene rings is 1. The van der Waals surface area contributed by atoms with Crippen molar-refractivity contribution in [1.82, 2.24) is 4.90 Å². The Morgan fingerprint density at radius 1 is 1.31 bits per heavy atom. The van der Waals surface area contributed by atoms with Gasteiger partial charge in [-0.05, 0) is 42.0 Å². The van der Waals surface area contributed by atoms with Crippen LogP contribution in [0.15, 0.2) is 41.8 Å². The highest BCUT2D eigenvalue weighted by Crippen LogP contribution is 2.20. The van der Waals surface area contributed by atoms with Gasteiger partial charge in [-0.15, -0.1) is 11.3 Å². The second kappa shape index (κ2) is 8.33. The van der Waals surface area contributed by atoms with Crippen molar-refractivity contribution >= 4 is 27.1 Å². The molecule has 0 saturated carbocycles. The molecule has 0 N–H and O–H groups in total. The van der Waals surface area contributed by atoms with Crippen LogP contribution in [0.3, 0.4) is 0 Å². The van der Waals surface area contributed by atoms with Crippen LogP contribution in [0.1, 0.15) is 33.6 Å². The fourth-order valence-corrected chi connectivity index (χ4v) is 4.63. The van der Waals surface area contributed by atoms with Gasteiger partial charge in [0.25, 0.3) is 5.91 Å². The van der Waals surface area contributed by atoms with Crippen LogP contribution in [-0.2, 0) is 26.9 Å². The van der Waals surface area contributed by atoms with Crippen LogP contribution in [0, 0.1) is 0 Å². The SMILES string of the molecule is CS(=O)(=O)Cc1cccc(C(=O)N(Cc2cccs2)C[C@@H]2CCCO2)c1. The van der Waals surface area contributed by atoms with Gasteiger partial charge in [0.2, 0.25) is 0 Å². The molecule has 1 fully saturated rings. The molecule has 140 valence electrons. The average molecular weight is 394 g/mol. The number of amides is 1. The summed E-state index contributed by atoms with van der Waals surface area (Å²) in [7, 11) is -3.14. The van der Waals surface area contributed by atoms with Gasteiger partial charge in [-0.2, -0.15) is 0 Å². The molecule has 1 aromatic heterocycles. The molecule has 3 rings (SSSR count). The van der Waals surface area contributed by atoms with E-state index in [2.05, 4.69) is 0 Å². The van der Waals surface area contributed by atoms with Crippen LogP contribution < -0.4 is 0 Å². The largest absolute Gasteiger partial charge is 0.376 e. The summed E-state index contributed by atoms with van der Waals surface area (Å²) in [5.74, 6) is -0.158. The minimum Gasteiger partial charge on any atom is -0.376 e. The first-order chi connectivity index (χ1) is 12.4. The van der Waals surface area contributed by atoms with Crippen molar-refractivity contribution in [3.05, 3.63) is 57.8 Å². The zero-order chi connectivity index (χ0) is 18.6. The fraction of sp³-hybridized carbons (Fsp3) is 0.421. The molecule has 1 aliphatic heterocycles. The Kier molecular flexibility index (Phi) is 6.11. The minimum atomic E-state index is -3.14. The number of carbonyl (C=O) groups excluding carboxylic acids is 1. The maximum atomic E-state index is 13.1. The quantitative estimate of drug-likeness (QED) is 0.725. The van der Waals surface area contributed by atoms with E-state index in [-0.39, 0.29) is 17.8 Å². The Labute approximate surface area is 158 Å². The summed E-state index contributed by atoms with van der Waals surface area (Å²) in [6.45, 7) is 1.83. The Hall–Kier alpha value is -1.70. The second-order valence-electron chi connectivity index (χ2n) is 6.67. The van der Waals surface area contributed by atoms with Crippen molar-refractivity contribution < 1.29 is 17.9 Å². The Morgan fingerprint density at radius 2 is 2.15 bits per heavy atom. The van der Waals surface area contributed by atoms with Crippen LogP contribution in [0.5, 0.6) is 0 Å². The second-order valence-corrected chi connectivity index (χ2v) is 9.84. The number of carbonyl (C=O) groups is 1. The molecule has 0 spiro atoms. The number of rotatable bonds is 7. The maximum Gasteiger partial charge on any atom is 0.254 e. The Balaban J connectivity index is 1.80. The molecule has 1 aliphatic rings. The molecule has 26 heavy (non-hydrogen) atoms. The van der Waals surface area contributed by atoms with E-state index in [4.69, 9.17) is 4.74 Å². The monoisotopic (exact) mass is 393 g/mol. The van der Waals surface area contributed by atoms with Gasteiger partial charge in [-0.3, -0.25) is 4.79 Å². The molecular weight excluding hydrogens is 370 g/mol. The summed E-state index contributed by atoms with van der Waals surface area (Å²) in [6, 6.07) is 10.9. The summed E-state index contributed by atoms with van der Waals surface area (Å²) >= 11 is 1.62. The van der Waals surface area contributed by atoms with Gasteiger partial charge in [-0.1, -0.05) is 18.2 Å². The molecule has 0 radical (unpaired) electrons. The normalized spacial score (nSPS) is 17.3. The van der Waals surface area contributed by atoms with E-state index in [1.807, 2.05) is 17.5 Å². The molecule has 2 heterocycles. The highest BCUT2D eigenvalue weighted by atomic mass is 32.2. The van der Waals surface area contributed by atoms with Gasteiger partial charge < -0.3 is 9.64 Å². The summed E-state index contributed by atoms with van der Waals surface area (Å²) in [5, 5.41) is 2.00. The van der Waals surface area contributed by atoms with E-state index in [1.165, 1.54) is 6.26 Å². The van der Waals surface area contributed by atoms with Crippen LogP contribution >= 0.6 is 11.3 Å². The third-order valence-corrected chi connectivity index (χ3v) is 5.98. The van der Waals surface area contributed by atoms with E-state index in [9.17, 15) is 13.2 Å². The molecule has 0 bridgehead atoms. The third-order valence-electron chi connectivity index (χ3n) is 4.26. The molecule has 1 aromatic carbocycles. The van der Waals surface area contributed by atoms with Crippen LogP contribution in [0.2, 0.25) is 0 Å². The number of thiophene rings is 1. The topological polar surface area (TPSA) is 63.7 Å². The number of hydrogen-bond acceptors (Lipinski definition) is 5. The summed E-state index contributed by atoms with van der Waals surface area (Å²) in [4.78, 5) is 16.0. The smallest absolute Gasteiger partial charge is 0.254 e. The van der Waals surface area contributed by atoms with Gasteiger partial charge in [-0.25, -0.2) is 8.42 Å². The Morgan fingerprint density at radius 3 is 2.81 bits per heavy atom. The summed E-state index contributed by atoms with van der Waals surface area (Å²) in [6.07, 6.45) is 3.25. The summed E-state index contributed by atoms with van der Waals surface area (Å²) in [5.41, 5.74) is 1.15. The van der Waals surface area contributed by atoms with Crippen molar-refractivity contribution in [3.63, 3.8) is 0 Å². The lowest BCUT2D eigenvalue weighted by Crippen LogP contribution is -2.36. The first-order valence-corrected chi connectivity index (χ1v) is 11.5. The van der Waals surface area contributed by atoms with E-state index in [1.54, 1.807) is 40.5 Å². The zero-order valence-electron chi connectivity index (χ0n) is 14.8. The van der Waals surface area contributed by atoms with Crippen molar-refractivity contribution in [2.24, 2.45) is 0 Å². The molecule has 1 atom stereocenters. The lowest BCUT2D eigenvalue weighted by Gasteiger charge is -2.25. The first kappa shape index (κ1) is 19.1. The lowest BCUT2D eigenvalue weighted by molar-refractivity contribution is 0.0509. The highest BCUT2D eigenvalue weighted by molar-refractivity contribution is 7.89. The highest BCUT2D eigenvalue weighted by Gasteiger charge is 2.24. The molecule has 1 amide bonds. The van der Waals surface area contributed by atoms with Gasteiger partial charge in [0, 0.05) is 29.8 Å². The van der Waals surface area contributed by atoms with Crippen LogP contribution in [0.4, 0.5) is 0 Å². The van der Waals surface area contributed by atoms with Gasteiger partial charge in [0.1, 0.15) is 0 Å². The van der Waals surface area contributed by atoms with Crippen molar-refractivity contribution in [2.75, 3.05) is 19.4 Å².